The van der Waals surface area contributed by atoms with Crippen LogP contribution in [0.25, 0.3) is 11.0 Å². The number of amides is 1. The fourth-order valence-electron chi connectivity index (χ4n) is 3.41. The summed E-state index contributed by atoms with van der Waals surface area (Å²) in [5.74, 6) is 0.0716. The van der Waals surface area contributed by atoms with Crippen molar-refractivity contribution in [3.05, 3.63) is 47.3 Å². The van der Waals surface area contributed by atoms with E-state index in [1.54, 1.807) is 29.9 Å². The van der Waals surface area contributed by atoms with Crippen molar-refractivity contribution in [1.29, 1.82) is 0 Å². The normalized spacial score (nSPS) is 13.9. The van der Waals surface area contributed by atoms with E-state index in [0.717, 1.165) is 29.5 Å². The van der Waals surface area contributed by atoms with Crippen LogP contribution in [0, 0.1) is 13.8 Å². The summed E-state index contributed by atoms with van der Waals surface area (Å²) in [6.45, 7) is 0.609. The van der Waals surface area contributed by atoms with Crippen LogP contribution in [0.5, 0.6) is 5.75 Å². The Morgan fingerprint density at radius 1 is 1.32 bits per heavy atom. The van der Waals surface area contributed by atoms with Gasteiger partial charge in [-0.1, -0.05) is 6.07 Å². The van der Waals surface area contributed by atoms with E-state index in [-0.39, 0.29) is 18.0 Å². The highest BCUT2D eigenvalue weighted by Gasteiger charge is 2.27. The number of aryl methyl sites for hydroxylation is 2. The molecule has 8 heteroatoms. The van der Waals surface area contributed by atoms with E-state index in [1.807, 2.05) is 13.0 Å². The number of nitrogens with zero attached hydrogens (tertiary/aromatic N) is 3. The van der Waals surface area contributed by atoms with Crippen LogP contribution in [0.3, 0.4) is 0 Å². The van der Waals surface area contributed by atoms with Crippen LogP contribution in [0.4, 0.5) is 14.5 Å². The second kappa shape index (κ2) is 7.18. The summed E-state index contributed by atoms with van der Waals surface area (Å²) in [4.78, 5) is 16.9. The first-order valence-electron chi connectivity index (χ1n) is 9.09. The van der Waals surface area contributed by atoms with Gasteiger partial charge in [0.05, 0.1) is 11.4 Å². The standard InChI is InChI=1S/C20H20F2N4O2/c1-11-3-6-15(16(9-11)28-20(21)22)24-17(27)10-26-19-18(12(2)25-26)14(7-8-23-19)13-4-5-13/h3,6-9,13,20H,4-5,10H2,1-2H3,(H,24,27). The molecule has 0 aliphatic heterocycles. The zero-order valence-corrected chi connectivity index (χ0v) is 15.6. The molecule has 0 bridgehead atoms. The number of nitrogens with one attached hydrogen (secondary N) is 1. The van der Waals surface area contributed by atoms with Gasteiger partial charge in [0.2, 0.25) is 5.91 Å². The van der Waals surface area contributed by atoms with E-state index in [4.69, 9.17) is 0 Å². The van der Waals surface area contributed by atoms with Crippen molar-refractivity contribution in [3.63, 3.8) is 0 Å². The largest absolute Gasteiger partial charge is 0.433 e. The van der Waals surface area contributed by atoms with Gasteiger partial charge in [-0.3, -0.25) is 4.79 Å². The third-order valence-electron chi connectivity index (χ3n) is 4.78. The minimum Gasteiger partial charge on any atom is -0.433 e. The Kier molecular flexibility index (Phi) is 4.70. The van der Waals surface area contributed by atoms with Crippen molar-refractivity contribution in [2.24, 2.45) is 0 Å². The van der Waals surface area contributed by atoms with Gasteiger partial charge in [0.1, 0.15) is 12.3 Å². The molecule has 1 aliphatic rings. The highest BCUT2D eigenvalue weighted by atomic mass is 19.3. The number of fused-ring (bicyclic) bond motifs is 1. The summed E-state index contributed by atoms with van der Waals surface area (Å²) in [6, 6.07) is 6.73. The zero-order chi connectivity index (χ0) is 19.8. The molecule has 28 heavy (non-hydrogen) atoms. The maximum atomic E-state index is 12.6. The topological polar surface area (TPSA) is 69.0 Å². The van der Waals surface area contributed by atoms with Crippen LogP contribution < -0.4 is 10.1 Å². The van der Waals surface area contributed by atoms with Crippen molar-refractivity contribution >= 4 is 22.6 Å². The van der Waals surface area contributed by atoms with Crippen molar-refractivity contribution in [1.82, 2.24) is 14.8 Å². The molecule has 0 saturated heterocycles. The van der Waals surface area contributed by atoms with Gasteiger partial charge in [-0.05, 0) is 61.9 Å². The Bertz CT molecular complexity index is 1040. The van der Waals surface area contributed by atoms with Gasteiger partial charge in [-0.25, -0.2) is 9.67 Å². The van der Waals surface area contributed by atoms with Crippen LogP contribution in [-0.2, 0) is 11.3 Å². The number of anilines is 1. The highest BCUT2D eigenvalue weighted by molar-refractivity contribution is 5.93. The quantitative estimate of drug-likeness (QED) is 0.691. The third kappa shape index (κ3) is 3.67. The van der Waals surface area contributed by atoms with Crippen LogP contribution in [0.15, 0.2) is 30.5 Å². The lowest BCUT2D eigenvalue weighted by Crippen LogP contribution is -2.20. The molecule has 1 aliphatic carbocycles. The number of carbonyl (C=O) groups excluding carboxylic acids is 1. The van der Waals surface area contributed by atoms with Crippen molar-refractivity contribution < 1.29 is 18.3 Å². The molecule has 0 spiro atoms. The summed E-state index contributed by atoms with van der Waals surface area (Å²) in [6.07, 6.45) is 4.05. The molecule has 1 fully saturated rings. The minimum absolute atomic E-state index is 0.0704. The second-order valence-electron chi connectivity index (χ2n) is 7.04. The van der Waals surface area contributed by atoms with Crippen LogP contribution in [0.1, 0.15) is 35.6 Å². The van der Waals surface area contributed by atoms with Gasteiger partial charge < -0.3 is 10.1 Å². The number of rotatable bonds is 6. The Morgan fingerprint density at radius 2 is 2.11 bits per heavy atom. The summed E-state index contributed by atoms with van der Waals surface area (Å²) < 4.78 is 31.4. The average molecular weight is 386 g/mol. The SMILES string of the molecule is Cc1ccc(NC(=O)Cn2nc(C)c3c(C4CC4)ccnc32)c(OC(F)F)c1. The first kappa shape index (κ1) is 18.3. The monoisotopic (exact) mass is 386 g/mol. The highest BCUT2D eigenvalue weighted by Crippen LogP contribution is 2.43. The predicted octanol–water partition coefficient (Wildman–Crippen LogP) is 4.17. The zero-order valence-electron chi connectivity index (χ0n) is 15.6. The second-order valence-corrected chi connectivity index (χ2v) is 7.04. The van der Waals surface area contributed by atoms with E-state index in [9.17, 15) is 13.6 Å². The van der Waals surface area contributed by atoms with E-state index < -0.39 is 12.5 Å². The summed E-state index contributed by atoms with van der Waals surface area (Å²) >= 11 is 0. The molecule has 1 saturated carbocycles. The molecule has 6 nitrogen and oxygen atoms in total. The fourth-order valence-corrected chi connectivity index (χ4v) is 3.41. The molecule has 0 atom stereocenters. The first-order chi connectivity index (χ1) is 13.4. The molecule has 0 unspecified atom stereocenters. The van der Waals surface area contributed by atoms with Gasteiger partial charge in [-0.2, -0.15) is 13.9 Å². The molecule has 0 radical (unpaired) electrons. The van der Waals surface area contributed by atoms with Crippen molar-refractivity contribution in [3.8, 4) is 5.75 Å². The van der Waals surface area contributed by atoms with Crippen molar-refractivity contribution in [2.75, 3.05) is 5.32 Å². The van der Waals surface area contributed by atoms with Crippen molar-refractivity contribution in [2.45, 2.75) is 45.8 Å². The maximum absolute atomic E-state index is 12.6. The van der Waals surface area contributed by atoms with Gasteiger partial charge >= 0.3 is 6.61 Å². The summed E-state index contributed by atoms with van der Waals surface area (Å²) in [5.41, 5.74) is 3.65. The molecule has 3 aromatic rings. The Hall–Kier alpha value is -3.03. The van der Waals surface area contributed by atoms with Crippen LogP contribution in [0.2, 0.25) is 0 Å². The lowest BCUT2D eigenvalue weighted by molar-refractivity contribution is -0.116. The number of alkyl halides is 2. The molecular weight excluding hydrogens is 366 g/mol. The molecular formula is C20H20F2N4O2. The number of carbonyl (C=O) groups is 1. The Morgan fingerprint density at radius 3 is 2.82 bits per heavy atom. The fraction of sp³-hybridized carbons (Fsp3) is 0.350. The molecule has 2 aromatic heterocycles. The maximum Gasteiger partial charge on any atom is 0.387 e. The predicted molar refractivity (Wildman–Crippen MR) is 101 cm³/mol. The lowest BCUT2D eigenvalue weighted by Gasteiger charge is -2.13. The van der Waals surface area contributed by atoms with Gasteiger partial charge in [0.25, 0.3) is 0 Å². The molecule has 1 aromatic carbocycles. The number of hydrogen-bond acceptors (Lipinski definition) is 4. The number of aromatic nitrogens is 3. The van der Waals surface area contributed by atoms with E-state index >= 15 is 0 Å². The molecule has 146 valence electrons. The number of halogens is 2. The van der Waals surface area contributed by atoms with E-state index in [0.29, 0.717) is 11.6 Å². The molecule has 1 N–H and O–H groups in total. The smallest absolute Gasteiger partial charge is 0.387 e. The number of pyridine rings is 1. The minimum atomic E-state index is -2.97. The van der Waals surface area contributed by atoms with Crippen LogP contribution in [-0.4, -0.2) is 27.3 Å². The van der Waals surface area contributed by atoms with Crippen LogP contribution >= 0.6 is 0 Å². The molecule has 4 rings (SSSR count). The van der Waals surface area contributed by atoms with Gasteiger partial charge in [0.15, 0.2) is 5.65 Å². The van der Waals surface area contributed by atoms with E-state index in [2.05, 4.69) is 20.1 Å². The average Bonchev–Trinajstić information content (AvgIpc) is 3.43. The number of hydrogen-bond donors (Lipinski definition) is 1. The third-order valence-corrected chi connectivity index (χ3v) is 4.78. The number of benzene rings is 1. The molecule has 1 amide bonds. The lowest BCUT2D eigenvalue weighted by atomic mass is 10.1. The Balaban J connectivity index is 1.57. The Labute approximate surface area is 160 Å². The molecule has 2 heterocycles. The first-order valence-corrected chi connectivity index (χ1v) is 9.09. The number of ether oxygens (including phenoxy) is 1. The van der Waals surface area contributed by atoms with Gasteiger partial charge in [-0.15, -0.1) is 0 Å². The summed E-state index contributed by atoms with van der Waals surface area (Å²) in [5, 5.41) is 8.09. The van der Waals surface area contributed by atoms with Gasteiger partial charge in [0, 0.05) is 11.6 Å². The van der Waals surface area contributed by atoms with E-state index in [1.165, 1.54) is 11.6 Å². The summed E-state index contributed by atoms with van der Waals surface area (Å²) in [7, 11) is 0.